The molecule has 0 spiro atoms. The van der Waals surface area contributed by atoms with Crippen LogP contribution in [0.2, 0.25) is 0 Å². The number of hydrogen-bond donors (Lipinski definition) is 5. The van der Waals surface area contributed by atoms with Crippen molar-refractivity contribution in [3.05, 3.63) is 171 Å². The number of rotatable bonds is 18. The first-order chi connectivity index (χ1) is 31.0. The number of Topliss-reactive ketones (excluding diaryl/α,β-unsaturated/α-hetero) is 2. The molecular weight excluding hydrogens is 896 g/mol. The maximum Gasteiger partial charge on any atom is 3.00 e. The van der Waals surface area contributed by atoms with E-state index in [4.69, 9.17) is 5.21 Å². The number of nitrogens with zero attached hydrogens (tertiary/aromatic N) is 2. The molecule has 3 amide bonds. The maximum absolute atomic E-state index is 12.3. The fraction of sp³-hybridized carbons (Fsp3) is 0.294. The number of carbonyl (C=O) groups excluding carboxylic acids is 6. The molecule has 1 radical (unpaired) electrons. The van der Waals surface area contributed by atoms with E-state index < -0.39 is 17.7 Å². The first kappa shape index (κ1) is 60.5. The van der Waals surface area contributed by atoms with Gasteiger partial charge in [-0.1, -0.05) is 67.0 Å². The molecule has 0 bridgehead atoms. The van der Waals surface area contributed by atoms with Crippen LogP contribution in [0.5, 0.6) is 0 Å². The average Bonchev–Trinajstić information content (AvgIpc) is 3.31. The first-order valence-electron chi connectivity index (χ1n) is 21.0. The van der Waals surface area contributed by atoms with E-state index in [1.807, 2.05) is 121 Å². The van der Waals surface area contributed by atoms with Crippen LogP contribution in [-0.4, -0.2) is 87.4 Å². The van der Waals surface area contributed by atoms with Crippen LogP contribution in [0.25, 0.3) is 0 Å². The summed E-state index contributed by atoms with van der Waals surface area (Å²) in [7, 11) is 11.8. The summed E-state index contributed by atoms with van der Waals surface area (Å²) in [6.07, 6.45) is 13.5. The van der Waals surface area contributed by atoms with Crippen molar-refractivity contribution < 1.29 is 55.9 Å². The minimum Gasteiger partial charge on any atom is -0.759 e. The molecule has 6 N–H and O–H groups in total. The third-order valence-corrected chi connectivity index (χ3v) is 9.70. The van der Waals surface area contributed by atoms with Gasteiger partial charge >= 0.3 is 22.9 Å². The van der Waals surface area contributed by atoms with Crippen molar-refractivity contribution in [1.29, 1.82) is 0 Å². The Morgan fingerprint density at radius 3 is 1.16 bits per heavy atom. The van der Waals surface area contributed by atoms with Crippen molar-refractivity contribution in [2.24, 2.45) is 17.8 Å². The molecule has 3 aromatic rings. The number of hydrogen-bond acceptors (Lipinski definition) is 10. The Bertz CT molecular complexity index is 2020. The summed E-state index contributed by atoms with van der Waals surface area (Å²) in [5.41, 5.74) is 11.6. The molecule has 0 fully saturated rings. The Balaban J connectivity index is 0.000000968. The summed E-state index contributed by atoms with van der Waals surface area (Å²) in [6, 6.07) is 22.6. The Morgan fingerprint density at radius 1 is 0.552 bits per heavy atom. The number of benzene rings is 3. The Kier molecular flexibility index (Phi) is 28.3. The van der Waals surface area contributed by atoms with Gasteiger partial charge in [0, 0.05) is 80.8 Å². The summed E-state index contributed by atoms with van der Waals surface area (Å²) in [5.74, 6) is -2.54. The number of carbonyl (C=O) groups is 5. The Hall–Kier alpha value is -6.52. The van der Waals surface area contributed by atoms with Crippen molar-refractivity contribution in [3.63, 3.8) is 0 Å². The number of quaternary nitrogens is 1. The van der Waals surface area contributed by atoms with Crippen LogP contribution in [0.1, 0.15) is 67.8 Å². The molecule has 0 unspecified atom stereocenters. The minimum absolute atomic E-state index is 0. The van der Waals surface area contributed by atoms with E-state index in [9.17, 15) is 39.2 Å². The molecule has 0 aliphatic rings. The third kappa shape index (κ3) is 23.0. The first-order valence-corrected chi connectivity index (χ1v) is 21.0. The topological polar surface area (TPSA) is 220 Å². The Labute approximate surface area is 405 Å². The van der Waals surface area contributed by atoms with E-state index >= 15 is 0 Å². The number of amides is 3. The molecule has 0 heterocycles. The molecule has 359 valence electrons. The summed E-state index contributed by atoms with van der Waals surface area (Å²) in [5, 5.41) is 28.6. The van der Waals surface area contributed by atoms with Gasteiger partial charge in [0.15, 0.2) is 11.6 Å². The number of nitrogens with one attached hydrogen (secondary N) is 4. The zero-order chi connectivity index (χ0) is 50.1. The quantitative estimate of drug-likeness (QED) is 0.0180. The number of anilines is 2. The molecule has 3 rings (SSSR count). The van der Waals surface area contributed by atoms with Crippen LogP contribution >= 0.6 is 0 Å². The van der Waals surface area contributed by atoms with Gasteiger partial charge in [0.2, 0.25) is 11.8 Å². The fourth-order valence-corrected chi connectivity index (χ4v) is 5.92. The fourth-order valence-electron chi connectivity index (χ4n) is 5.92. The SMILES string of the molecule is CC(/C=C/C(=O)NO)=C\[C@@H](C)C(=[OH+])c1ccc([NH+](C)C)cc1.CC(/C=C/C(=O)N[O-])=C\[C@@H](C)C(=O)c1ccc(N(C)C)cc1.CC(/C=C/C(=O)N[O-])=C\[C@@H](C)C(=O)c1ccc(N(C)C)cc1.[Fe+3]. The van der Waals surface area contributed by atoms with Crippen molar-refractivity contribution in [1.82, 2.24) is 16.4 Å². The molecule has 16 heteroatoms. The Morgan fingerprint density at radius 2 is 0.866 bits per heavy atom. The zero-order valence-corrected chi connectivity index (χ0v) is 41.5. The van der Waals surface area contributed by atoms with Gasteiger partial charge in [-0.15, -0.1) is 0 Å². The predicted octanol–water partition coefficient (Wildman–Crippen LogP) is 6.37. The van der Waals surface area contributed by atoms with Gasteiger partial charge in [0.1, 0.15) is 5.69 Å². The van der Waals surface area contributed by atoms with Crippen LogP contribution in [0, 0.1) is 28.2 Å². The smallest absolute Gasteiger partial charge is 0.759 e. The van der Waals surface area contributed by atoms with Crippen molar-refractivity contribution in [2.45, 2.75) is 41.5 Å². The zero-order valence-electron chi connectivity index (χ0n) is 40.4. The van der Waals surface area contributed by atoms with Crippen LogP contribution in [0.4, 0.5) is 17.1 Å². The second kappa shape index (κ2) is 31.4. The summed E-state index contributed by atoms with van der Waals surface area (Å²) >= 11 is 0. The van der Waals surface area contributed by atoms with Crippen molar-refractivity contribution in [3.8, 4) is 0 Å². The van der Waals surface area contributed by atoms with Crippen molar-refractivity contribution in [2.75, 3.05) is 52.1 Å². The van der Waals surface area contributed by atoms with Gasteiger partial charge in [-0.25, -0.2) is 5.48 Å². The summed E-state index contributed by atoms with van der Waals surface area (Å²) in [4.78, 5) is 72.7. The summed E-state index contributed by atoms with van der Waals surface area (Å²) in [6.45, 7) is 10.8. The van der Waals surface area contributed by atoms with E-state index in [0.717, 1.165) is 51.5 Å². The number of hydroxylamine groups is 3. The van der Waals surface area contributed by atoms with Gasteiger partial charge < -0.3 is 36.1 Å². The number of allylic oxidation sites excluding steroid dienone is 9. The van der Waals surface area contributed by atoms with Crippen LogP contribution in [-0.2, 0) is 31.5 Å². The largest absolute Gasteiger partial charge is 3.00 e. The molecule has 0 saturated carbocycles. The van der Waals surface area contributed by atoms with E-state index in [0.29, 0.717) is 11.1 Å². The second-order valence-corrected chi connectivity index (χ2v) is 16.1. The molecule has 0 aliphatic carbocycles. The monoisotopic (exact) mass is 962 g/mol. The molecular formula is C51H66FeN6O9+3. The van der Waals surface area contributed by atoms with Gasteiger partial charge in [-0.3, -0.25) is 34.0 Å². The molecule has 0 aromatic heterocycles. The normalized spacial score (nSPS) is 13.0. The van der Waals surface area contributed by atoms with Gasteiger partial charge in [-0.05, 0) is 100 Å². The number of ketones is 3. The standard InChI is InChI=1S/C17H22N2O3.2C17H21N2O3.Fe/c3*1-12(5-10-16(20)18-22)11-13(2)17(21)14-6-8-15(9-7-14)19(3)4;/h5-11,13,22H,1-4H3,(H,18,20);2*5-11,13H,1-4H3,(H-,18,20,22);/q;2*-1;+3/p+2/b3*10-5+,12-11+;/t3*13-;/m111./s1. The maximum atomic E-state index is 12.3. The molecule has 0 aliphatic heterocycles. The van der Waals surface area contributed by atoms with E-state index in [1.165, 1.54) is 39.6 Å². The molecule has 3 aromatic carbocycles. The van der Waals surface area contributed by atoms with Crippen LogP contribution in [0.15, 0.2) is 144 Å². The van der Waals surface area contributed by atoms with Gasteiger partial charge in [0.05, 0.1) is 25.6 Å². The van der Waals surface area contributed by atoms with Crippen molar-refractivity contribution >= 4 is 52.1 Å². The summed E-state index contributed by atoms with van der Waals surface area (Å²) < 4.78 is 0. The molecule has 0 saturated heterocycles. The molecule has 3 atom stereocenters. The second-order valence-electron chi connectivity index (χ2n) is 16.1. The molecule has 15 nitrogen and oxygen atoms in total. The van der Waals surface area contributed by atoms with Gasteiger partial charge in [0.25, 0.3) is 5.91 Å². The molecule has 67 heavy (non-hydrogen) atoms. The van der Waals surface area contributed by atoms with E-state index in [2.05, 4.69) is 0 Å². The van der Waals surface area contributed by atoms with E-state index in [-0.39, 0.29) is 52.2 Å². The van der Waals surface area contributed by atoms with Crippen LogP contribution in [0.3, 0.4) is 0 Å². The average molecular weight is 963 g/mol. The van der Waals surface area contributed by atoms with E-state index in [1.54, 1.807) is 70.2 Å². The van der Waals surface area contributed by atoms with Gasteiger partial charge in [-0.2, -0.15) is 0 Å². The third-order valence-electron chi connectivity index (χ3n) is 9.70. The predicted molar refractivity (Wildman–Crippen MR) is 264 cm³/mol. The van der Waals surface area contributed by atoms with Crippen LogP contribution < -0.4 is 31.1 Å². The minimum atomic E-state index is -0.717.